The lowest BCUT2D eigenvalue weighted by Crippen LogP contribution is -2.38. The van der Waals surface area contributed by atoms with E-state index in [4.69, 9.17) is 14.0 Å². The summed E-state index contributed by atoms with van der Waals surface area (Å²) in [5.74, 6) is 0. The van der Waals surface area contributed by atoms with Gasteiger partial charge in [-0.25, -0.2) is 0 Å². The van der Waals surface area contributed by atoms with Gasteiger partial charge in [-0.2, -0.15) is 0 Å². The first-order chi connectivity index (χ1) is 5.83. The largest absolute Gasteiger partial charge is 0.379 e. The van der Waals surface area contributed by atoms with Gasteiger partial charge in [-0.1, -0.05) is 0 Å². The van der Waals surface area contributed by atoms with Crippen molar-refractivity contribution in [3.63, 3.8) is 0 Å². The zero-order valence-electron chi connectivity index (χ0n) is 7.36. The maximum Gasteiger partial charge on any atom is 0.159 e. The van der Waals surface area contributed by atoms with E-state index in [0.717, 1.165) is 26.3 Å². The highest BCUT2D eigenvalue weighted by molar-refractivity contribution is 7.09. The number of hydrogen-bond acceptors (Lipinski definition) is 4. The van der Waals surface area contributed by atoms with Gasteiger partial charge in [0.05, 0.1) is 13.2 Å². The maximum atomic E-state index is 5.36. The van der Waals surface area contributed by atoms with Crippen LogP contribution >= 0.6 is 9.47 Å². The number of nitrogens with zero attached hydrogens (tertiary/aromatic N) is 1. The lowest BCUT2D eigenvalue weighted by atomic mass is 10.5. The molecule has 4 nitrogen and oxygen atoms in total. The quantitative estimate of drug-likeness (QED) is 0.479. The van der Waals surface area contributed by atoms with E-state index in [1.54, 1.807) is 0 Å². The Kier molecular flexibility index (Phi) is 5.04. The highest BCUT2D eigenvalue weighted by Crippen LogP contribution is 2.02. The molecular formula is C7H16NO3P. The van der Waals surface area contributed by atoms with Crippen molar-refractivity contribution >= 4 is 9.47 Å². The molecule has 0 aromatic carbocycles. The van der Waals surface area contributed by atoms with Crippen LogP contribution in [0.3, 0.4) is 0 Å². The smallest absolute Gasteiger partial charge is 0.159 e. The van der Waals surface area contributed by atoms with E-state index in [1.807, 2.05) is 6.92 Å². The predicted octanol–water partition coefficient (Wildman–Crippen LogP) is 0.445. The summed E-state index contributed by atoms with van der Waals surface area (Å²) in [6.07, 6.45) is -0.155. The van der Waals surface area contributed by atoms with Crippen molar-refractivity contribution in [1.82, 2.24) is 4.90 Å². The molecule has 1 rings (SSSR count). The molecule has 0 aliphatic carbocycles. The first kappa shape index (κ1) is 10.4. The molecule has 0 saturated carbocycles. The van der Waals surface area contributed by atoms with Gasteiger partial charge in [0.2, 0.25) is 0 Å². The summed E-state index contributed by atoms with van der Waals surface area (Å²) in [5, 5.41) is 0. The zero-order chi connectivity index (χ0) is 8.81. The van der Waals surface area contributed by atoms with Crippen LogP contribution in [0.4, 0.5) is 0 Å². The fourth-order valence-electron chi connectivity index (χ4n) is 0.980. The maximum absolute atomic E-state index is 5.36. The van der Waals surface area contributed by atoms with Gasteiger partial charge in [-0.05, 0) is 6.92 Å². The molecule has 0 radical (unpaired) electrons. The van der Waals surface area contributed by atoms with Gasteiger partial charge in [0, 0.05) is 22.6 Å². The van der Waals surface area contributed by atoms with Crippen LogP contribution in [0, 0.1) is 0 Å². The highest BCUT2D eigenvalue weighted by atomic mass is 31.0. The summed E-state index contributed by atoms with van der Waals surface area (Å²) in [4.78, 5) is 2.20. The van der Waals surface area contributed by atoms with Crippen LogP contribution in [0.2, 0.25) is 0 Å². The van der Waals surface area contributed by atoms with Crippen LogP contribution in [-0.4, -0.2) is 44.2 Å². The molecule has 12 heavy (non-hydrogen) atoms. The molecule has 0 aromatic rings. The van der Waals surface area contributed by atoms with E-state index in [0.29, 0.717) is 6.73 Å². The molecule has 0 amide bonds. The third-order valence-corrected chi connectivity index (χ3v) is 2.17. The molecule has 1 heterocycles. The van der Waals surface area contributed by atoms with Crippen LogP contribution in [0.15, 0.2) is 0 Å². The van der Waals surface area contributed by atoms with Gasteiger partial charge in [-0.15, -0.1) is 0 Å². The second-order valence-corrected chi connectivity index (χ2v) is 3.00. The van der Waals surface area contributed by atoms with Crippen molar-refractivity contribution < 1.29 is 14.0 Å². The molecule has 0 bridgehead atoms. The van der Waals surface area contributed by atoms with E-state index in [9.17, 15) is 0 Å². The van der Waals surface area contributed by atoms with Crippen LogP contribution < -0.4 is 0 Å². The number of morpholine rings is 1. The fraction of sp³-hybridized carbons (Fsp3) is 1.00. The lowest BCUT2D eigenvalue weighted by Gasteiger charge is -2.27. The van der Waals surface area contributed by atoms with Gasteiger partial charge in [0.25, 0.3) is 0 Å². The topological polar surface area (TPSA) is 30.9 Å². The summed E-state index contributed by atoms with van der Waals surface area (Å²) < 4.78 is 15.4. The lowest BCUT2D eigenvalue weighted by molar-refractivity contribution is -0.115. The van der Waals surface area contributed by atoms with Crippen molar-refractivity contribution in [2.75, 3.05) is 33.0 Å². The third-order valence-electron chi connectivity index (χ3n) is 1.79. The van der Waals surface area contributed by atoms with Gasteiger partial charge in [-0.3, -0.25) is 4.90 Å². The van der Waals surface area contributed by atoms with Crippen LogP contribution in [-0.2, 0) is 14.0 Å². The Balaban J connectivity index is 2.05. The Morgan fingerprint density at radius 3 is 2.75 bits per heavy atom. The fourth-order valence-corrected chi connectivity index (χ4v) is 1.06. The Bertz CT molecular complexity index is 119. The normalized spacial score (nSPS) is 22.5. The molecule has 1 aliphatic rings. The Morgan fingerprint density at radius 2 is 2.17 bits per heavy atom. The first-order valence-corrected chi connectivity index (χ1v) is 4.57. The first-order valence-electron chi connectivity index (χ1n) is 4.10. The van der Waals surface area contributed by atoms with Crippen LogP contribution in [0.1, 0.15) is 6.92 Å². The molecule has 2 unspecified atom stereocenters. The molecule has 1 aliphatic heterocycles. The van der Waals surface area contributed by atoms with Crippen molar-refractivity contribution in [3.8, 4) is 0 Å². The minimum absolute atomic E-state index is 0.155. The molecule has 2 atom stereocenters. The van der Waals surface area contributed by atoms with Crippen molar-refractivity contribution in [1.29, 1.82) is 0 Å². The zero-order valence-corrected chi connectivity index (χ0v) is 8.52. The molecule has 5 heteroatoms. The van der Waals surface area contributed by atoms with Crippen molar-refractivity contribution in [2.24, 2.45) is 0 Å². The molecule has 0 N–H and O–H groups in total. The highest BCUT2D eigenvalue weighted by Gasteiger charge is 2.10. The van der Waals surface area contributed by atoms with E-state index in [2.05, 4.69) is 14.4 Å². The molecule has 72 valence electrons. The minimum atomic E-state index is -0.155. The molecule has 0 aromatic heterocycles. The van der Waals surface area contributed by atoms with Gasteiger partial charge in [0.1, 0.15) is 6.73 Å². The summed E-state index contributed by atoms with van der Waals surface area (Å²) >= 11 is 0. The second kappa shape index (κ2) is 5.84. The van der Waals surface area contributed by atoms with Crippen LogP contribution in [0.5, 0.6) is 0 Å². The monoisotopic (exact) mass is 193 g/mol. The van der Waals surface area contributed by atoms with Crippen LogP contribution in [0.25, 0.3) is 0 Å². The predicted molar refractivity (Wildman–Crippen MR) is 48.6 cm³/mol. The van der Waals surface area contributed by atoms with E-state index in [1.165, 1.54) is 0 Å². The minimum Gasteiger partial charge on any atom is -0.379 e. The molecular weight excluding hydrogens is 177 g/mol. The van der Waals surface area contributed by atoms with E-state index < -0.39 is 0 Å². The molecule has 1 fully saturated rings. The Hall–Kier alpha value is 0.270. The number of hydrogen-bond donors (Lipinski definition) is 0. The summed E-state index contributed by atoms with van der Waals surface area (Å²) in [6.45, 7) is 6.00. The standard InChI is InChI=1S/C7H16NO3P/c1-7(11-12)10-6-8-2-4-9-5-3-8/h7H,2-6,12H2,1H3. The van der Waals surface area contributed by atoms with Gasteiger partial charge in [0.15, 0.2) is 6.29 Å². The summed E-state index contributed by atoms with van der Waals surface area (Å²) in [6, 6.07) is 0. The molecule has 1 saturated heterocycles. The van der Waals surface area contributed by atoms with E-state index >= 15 is 0 Å². The third kappa shape index (κ3) is 3.78. The SMILES string of the molecule is CC(OP)OCN1CCOCC1. The van der Waals surface area contributed by atoms with Crippen molar-refractivity contribution in [2.45, 2.75) is 13.2 Å². The number of ether oxygens (including phenoxy) is 2. The Labute approximate surface area is 75.4 Å². The molecule has 0 spiro atoms. The number of rotatable bonds is 4. The van der Waals surface area contributed by atoms with Crippen molar-refractivity contribution in [3.05, 3.63) is 0 Å². The average Bonchev–Trinajstić information content (AvgIpc) is 2.16. The van der Waals surface area contributed by atoms with Gasteiger partial charge >= 0.3 is 0 Å². The Morgan fingerprint density at radius 1 is 1.50 bits per heavy atom. The summed E-state index contributed by atoms with van der Waals surface area (Å²) in [7, 11) is 2.19. The second-order valence-electron chi connectivity index (χ2n) is 2.73. The van der Waals surface area contributed by atoms with Gasteiger partial charge < -0.3 is 14.0 Å². The summed E-state index contributed by atoms with van der Waals surface area (Å²) in [5.41, 5.74) is 0. The van der Waals surface area contributed by atoms with E-state index in [-0.39, 0.29) is 6.29 Å². The average molecular weight is 193 g/mol.